The molecule has 4 N–H and O–H groups in total. The molecule has 1 amide bonds. The third kappa shape index (κ3) is 7.79. The number of hydrogen-bond donors (Lipinski definition) is 4. The monoisotopic (exact) mass is 483 g/mol. The highest BCUT2D eigenvalue weighted by molar-refractivity contribution is 5.76. The van der Waals surface area contributed by atoms with Gasteiger partial charge in [0.15, 0.2) is 0 Å². The number of aliphatic hydroxyl groups excluding tert-OH is 2. The molecule has 192 valence electrons. The first-order valence-electron chi connectivity index (χ1n) is 12.7. The SMILES string of the molecule is Cc1cc(O)c([C@H]2CC(C)CC(CO)O2)cc1Cc1ccc(CCCC(=O)NC(C)(C)CO)cc1. The van der Waals surface area contributed by atoms with Gasteiger partial charge in [-0.15, -0.1) is 0 Å². The average Bonchev–Trinajstić information content (AvgIpc) is 2.81. The molecule has 0 saturated carbocycles. The van der Waals surface area contributed by atoms with Crippen molar-refractivity contribution in [3.8, 4) is 5.75 Å². The number of nitrogens with one attached hydrogen (secondary N) is 1. The Bertz CT molecular complexity index is 985. The Morgan fingerprint density at radius 2 is 1.80 bits per heavy atom. The quantitative estimate of drug-likeness (QED) is 0.403. The fourth-order valence-electron chi connectivity index (χ4n) is 4.75. The first-order valence-corrected chi connectivity index (χ1v) is 12.7. The van der Waals surface area contributed by atoms with E-state index in [9.17, 15) is 20.1 Å². The normalized spacial score (nSPS) is 20.6. The Morgan fingerprint density at radius 1 is 1.11 bits per heavy atom. The topological polar surface area (TPSA) is 99.0 Å². The molecule has 2 aromatic carbocycles. The van der Waals surface area contributed by atoms with Gasteiger partial charge in [0.1, 0.15) is 5.75 Å². The number of carbonyl (C=O) groups is 1. The number of carbonyl (C=O) groups excluding carboxylic acids is 1. The van der Waals surface area contributed by atoms with Crippen molar-refractivity contribution in [1.29, 1.82) is 0 Å². The predicted molar refractivity (Wildman–Crippen MR) is 137 cm³/mol. The molecule has 6 heteroatoms. The lowest BCUT2D eigenvalue weighted by Gasteiger charge is -2.34. The van der Waals surface area contributed by atoms with Crippen LogP contribution in [-0.2, 0) is 22.4 Å². The van der Waals surface area contributed by atoms with E-state index in [-0.39, 0.29) is 37.1 Å². The van der Waals surface area contributed by atoms with Gasteiger partial charge < -0.3 is 25.4 Å². The molecule has 3 atom stereocenters. The summed E-state index contributed by atoms with van der Waals surface area (Å²) in [5.74, 6) is 0.638. The van der Waals surface area contributed by atoms with Gasteiger partial charge in [-0.1, -0.05) is 31.2 Å². The van der Waals surface area contributed by atoms with Gasteiger partial charge in [-0.2, -0.15) is 0 Å². The Labute approximate surface area is 209 Å². The van der Waals surface area contributed by atoms with Crippen LogP contribution in [0.15, 0.2) is 36.4 Å². The summed E-state index contributed by atoms with van der Waals surface area (Å²) < 4.78 is 6.07. The molecule has 0 bridgehead atoms. The molecule has 1 aliphatic heterocycles. The highest BCUT2D eigenvalue weighted by Gasteiger charge is 2.29. The maximum Gasteiger partial charge on any atom is 0.220 e. The highest BCUT2D eigenvalue weighted by Crippen LogP contribution is 2.39. The number of ether oxygens (including phenoxy) is 1. The van der Waals surface area contributed by atoms with E-state index in [4.69, 9.17) is 4.74 Å². The van der Waals surface area contributed by atoms with Gasteiger partial charge in [0.25, 0.3) is 0 Å². The van der Waals surface area contributed by atoms with Crippen molar-refractivity contribution in [2.24, 2.45) is 5.92 Å². The van der Waals surface area contributed by atoms with Crippen molar-refractivity contribution in [2.45, 2.75) is 84.0 Å². The number of rotatable bonds is 10. The van der Waals surface area contributed by atoms with Crippen molar-refractivity contribution in [3.05, 3.63) is 64.2 Å². The maximum absolute atomic E-state index is 12.1. The van der Waals surface area contributed by atoms with Crippen LogP contribution in [-0.4, -0.2) is 46.1 Å². The van der Waals surface area contributed by atoms with Gasteiger partial charge >= 0.3 is 0 Å². The highest BCUT2D eigenvalue weighted by atomic mass is 16.5. The third-order valence-corrected chi connectivity index (χ3v) is 6.83. The number of aryl methyl sites for hydroxylation is 2. The molecule has 1 saturated heterocycles. The van der Waals surface area contributed by atoms with E-state index in [1.54, 1.807) is 13.8 Å². The predicted octanol–water partition coefficient (Wildman–Crippen LogP) is 4.35. The second kappa shape index (κ2) is 12.0. The molecule has 0 aliphatic carbocycles. The molecule has 35 heavy (non-hydrogen) atoms. The number of hydrogen-bond acceptors (Lipinski definition) is 5. The fraction of sp³-hybridized carbons (Fsp3) is 0.552. The minimum atomic E-state index is -0.590. The van der Waals surface area contributed by atoms with E-state index in [1.165, 1.54) is 11.1 Å². The van der Waals surface area contributed by atoms with Crippen LogP contribution in [0.5, 0.6) is 5.75 Å². The molecule has 3 rings (SSSR count). The van der Waals surface area contributed by atoms with Gasteiger partial charge in [-0.25, -0.2) is 0 Å². The summed E-state index contributed by atoms with van der Waals surface area (Å²) in [5.41, 5.74) is 4.76. The van der Waals surface area contributed by atoms with E-state index < -0.39 is 5.54 Å². The van der Waals surface area contributed by atoms with Gasteiger partial charge in [0, 0.05) is 12.0 Å². The average molecular weight is 484 g/mol. The summed E-state index contributed by atoms with van der Waals surface area (Å²) in [6, 6.07) is 12.3. The summed E-state index contributed by atoms with van der Waals surface area (Å²) in [4.78, 5) is 12.1. The smallest absolute Gasteiger partial charge is 0.220 e. The van der Waals surface area contributed by atoms with Crippen molar-refractivity contribution >= 4 is 5.91 Å². The molecule has 0 radical (unpaired) electrons. The Balaban J connectivity index is 1.61. The van der Waals surface area contributed by atoms with Crippen LogP contribution in [0.3, 0.4) is 0 Å². The van der Waals surface area contributed by atoms with Gasteiger partial charge in [-0.3, -0.25) is 4.79 Å². The van der Waals surface area contributed by atoms with Crippen LogP contribution in [0.25, 0.3) is 0 Å². The molecule has 0 aromatic heterocycles. The van der Waals surface area contributed by atoms with Crippen LogP contribution in [0.2, 0.25) is 0 Å². The van der Waals surface area contributed by atoms with Crippen LogP contribution in [0.4, 0.5) is 0 Å². The number of amides is 1. The van der Waals surface area contributed by atoms with Crippen molar-refractivity contribution in [1.82, 2.24) is 5.32 Å². The lowest BCUT2D eigenvalue weighted by Crippen LogP contribution is -2.46. The minimum Gasteiger partial charge on any atom is -0.508 e. The van der Waals surface area contributed by atoms with Crippen molar-refractivity contribution in [2.75, 3.05) is 13.2 Å². The number of benzene rings is 2. The first kappa shape index (κ1) is 27.2. The molecule has 1 aliphatic rings. The summed E-state index contributed by atoms with van der Waals surface area (Å²) >= 11 is 0. The number of phenolic OH excluding ortho intramolecular Hbond substituents is 1. The van der Waals surface area contributed by atoms with Crippen LogP contribution >= 0.6 is 0 Å². The lowest BCUT2D eigenvalue weighted by atomic mass is 9.88. The summed E-state index contributed by atoms with van der Waals surface area (Å²) in [6.07, 6.45) is 4.02. The standard InChI is InChI=1S/C29H41NO5/c1-19-12-24(17-31)35-27(13-19)25-16-23(20(2)14-26(25)33)15-22-10-8-21(9-11-22)6-5-7-28(34)30-29(3,4)18-32/h8-11,14,16,19,24,27,31-33H,5-7,12-13,15,17-18H2,1-4H3,(H,30,34)/t19?,24?,27-/m1/s1. The van der Waals surface area contributed by atoms with Gasteiger partial charge in [-0.05, 0) is 93.2 Å². The zero-order chi connectivity index (χ0) is 25.6. The first-order chi connectivity index (χ1) is 16.6. The van der Waals surface area contributed by atoms with Crippen molar-refractivity contribution in [3.63, 3.8) is 0 Å². The lowest BCUT2D eigenvalue weighted by molar-refractivity contribution is -0.123. The zero-order valence-electron chi connectivity index (χ0n) is 21.5. The second-order valence-electron chi connectivity index (χ2n) is 10.8. The molecule has 1 fully saturated rings. The Kier molecular flexibility index (Phi) is 9.34. The van der Waals surface area contributed by atoms with Crippen LogP contribution in [0, 0.1) is 12.8 Å². The summed E-state index contributed by atoms with van der Waals surface area (Å²) in [5, 5.41) is 32.3. The number of aliphatic hydroxyl groups is 2. The number of aromatic hydroxyl groups is 1. The molecule has 6 nitrogen and oxygen atoms in total. The van der Waals surface area contributed by atoms with E-state index in [1.807, 2.05) is 13.0 Å². The Hall–Kier alpha value is -2.41. The van der Waals surface area contributed by atoms with Gasteiger partial charge in [0.05, 0.1) is 31.0 Å². The second-order valence-corrected chi connectivity index (χ2v) is 10.8. The molecular weight excluding hydrogens is 442 g/mol. The van der Waals surface area contributed by atoms with Crippen molar-refractivity contribution < 1.29 is 24.9 Å². The van der Waals surface area contributed by atoms with E-state index >= 15 is 0 Å². The summed E-state index contributed by atoms with van der Waals surface area (Å²) in [6.45, 7) is 7.69. The molecule has 2 aromatic rings. The minimum absolute atomic E-state index is 0.00200. The van der Waals surface area contributed by atoms with Gasteiger partial charge in [0.2, 0.25) is 5.91 Å². The molecule has 2 unspecified atom stereocenters. The molecule has 1 heterocycles. The Morgan fingerprint density at radius 3 is 2.46 bits per heavy atom. The third-order valence-electron chi connectivity index (χ3n) is 6.83. The van der Waals surface area contributed by atoms with E-state index in [2.05, 4.69) is 42.6 Å². The largest absolute Gasteiger partial charge is 0.508 e. The maximum atomic E-state index is 12.1. The molecular formula is C29H41NO5. The van der Waals surface area contributed by atoms with E-state index in [0.29, 0.717) is 12.3 Å². The fourth-order valence-corrected chi connectivity index (χ4v) is 4.75. The van der Waals surface area contributed by atoms with E-state index in [0.717, 1.165) is 48.8 Å². The zero-order valence-corrected chi connectivity index (χ0v) is 21.5. The van der Waals surface area contributed by atoms with Crippen LogP contribution < -0.4 is 5.32 Å². The number of phenols is 1. The molecule has 0 spiro atoms. The summed E-state index contributed by atoms with van der Waals surface area (Å²) in [7, 11) is 0. The van der Waals surface area contributed by atoms with Crippen LogP contribution in [0.1, 0.15) is 80.4 Å².